The van der Waals surface area contributed by atoms with Crippen molar-refractivity contribution in [2.75, 3.05) is 0 Å². The highest BCUT2D eigenvalue weighted by molar-refractivity contribution is 9.10. The first kappa shape index (κ1) is 15.7. The Bertz CT molecular complexity index is 620. The number of hydrogen-bond acceptors (Lipinski definition) is 3. The lowest BCUT2D eigenvalue weighted by molar-refractivity contribution is 0.174. The van der Waals surface area contributed by atoms with Gasteiger partial charge in [0.25, 0.3) is 0 Å². The highest BCUT2D eigenvalue weighted by atomic mass is 79.9. The van der Waals surface area contributed by atoms with Crippen LogP contribution in [-0.2, 0) is 0 Å². The minimum atomic E-state index is -1.04. The van der Waals surface area contributed by atoms with Crippen molar-refractivity contribution >= 4 is 38.9 Å². The van der Waals surface area contributed by atoms with Gasteiger partial charge in [0.15, 0.2) is 11.6 Å². The fourth-order valence-corrected chi connectivity index (χ4v) is 3.28. The summed E-state index contributed by atoms with van der Waals surface area (Å²) in [6, 6.07) is 5.45. The molecule has 2 rings (SSSR count). The Balaban J connectivity index is 2.34. The van der Waals surface area contributed by atoms with E-state index >= 15 is 0 Å². The lowest BCUT2D eigenvalue weighted by atomic mass is 10.1. The van der Waals surface area contributed by atoms with Crippen LogP contribution in [0.25, 0.3) is 0 Å². The van der Waals surface area contributed by atoms with Gasteiger partial charge in [-0.25, -0.2) is 4.39 Å². The van der Waals surface area contributed by atoms with Gasteiger partial charge < -0.3 is 10.5 Å². The van der Waals surface area contributed by atoms with Crippen LogP contribution in [-0.4, -0.2) is 6.04 Å². The van der Waals surface area contributed by atoms with E-state index in [-0.39, 0.29) is 5.75 Å². The van der Waals surface area contributed by atoms with Crippen LogP contribution in [0.3, 0.4) is 0 Å². The lowest BCUT2D eigenvalue weighted by Gasteiger charge is -2.22. The van der Waals surface area contributed by atoms with Crippen molar-refractivity contribution < 1.29 is 13.5 Å². The van der Waals surface area contributed by atoms with Crippen LogP contribution in [0.2, 0.25) is 4.34 Å². The third kappa shape index (κ3) is 3.49. The Morgan fingerprint density at radius 1 is 1.35 bits per heavy atom. The summed E-state index contributed by atoms with van der Waals surface area (Å²) in [4.78, 5) is 0.754. The third-order valence-corrected chi connectivity index (χ3v) is 4.32. The number of thiophene rings is 1. The molecule has 2 N–H and O–H groups in total. The average Bonchev–Trinajstić information content (AvgIpc) is 2.77. The van der Waals surface area contributed by atoms with Crippen molar-refractivity contribution in [3.8, 4) is 5.75 Å². The Morgan fingerprint density at radius 2 is 2.05 bits per heavy atom. The number of nitrogens with two attached hydrogens (primary N) is 1. The van der Waals surface area contributed by atoms with Crippen LogP contribution in [0.5, 0.6) is 5.75 Å². The molecule has 108 valence electrons. The molecule has 1 aromatic carbocycles. The summed E-state index contributed by atoms with van der Waals surface area (Å²) in [6.07, 6.45) is -0.601. The monoisotopic (exact) mass is 381 g/mol. The summed E-state index contributed by atoms with van der Waals surface area (Å²) in [7, 11) is 0. The molecule has 0 aliphatic heterocycles. The second-order valence-corrected chi connectivity index (χ2v) is 6.90. The molecule has 0 saturated heterocycles. The van der Waals surface area contributed by atoms with Gasteiger partial charge in [0.2, 0.25) is 5.82 Å². The number of benzene rings is 1. The summed E-state index contributed by atoms with van der Waals surface area (Å²) in [5.74, 6) is -2.22. The maximum Gasteiger partial charge on any atom is 0.200 e. The molecule has 2 aromatic rings. The first-order valence-electron chi connectivity index (χ1n) is 5.70. The second kappa shape index (κ2) is 6.39. The molecule has 0 saturated carbocycles. The van der Waals surface area contributed by atoms with Gasteiger partial charge in [-0.2, -0.15) is 4.39 Å². The van der Waals surface area contributed by atoms with Crippen molar-refractivity contribution in [3.63, 3.8) is 0 Å². The van der Waals surface area contributed by atoms with E-state index in [9.17, 15) is 8.78 Å². The minimum absolute atomic E-state index is 0.191. The number of halogens is 4. The summed E-state index contributed by atoms with van der Waals surface area (Å²) >= 11 is 10.3. The summed E-state index contributed by atoms with van der Waals surface area (Å²) in [5, 5.41) is 0. The van der Waals surface area contributed by atoms with E-state index in [1.807, 2.05) is 0 Å². The zero-order chi connectivity index (χ0) is 14.9. The van der Waals surface area contributed by atoms with Crippen LogP contribution in [0.15, 0.2) is 28.7 Å². The SMILES string of the molecule is CC(N)C(Oc1cc(Br)cc(F)c1F)c1ccc(Cl)s1. The average molecular weight is 383 g/mol. The van der Waals surface area contributed by atoms with Crippen molar-refractivity contribution in [1.29, 1.82) is 0 Å². The molecule has 0 fully saturated rings. The fraction of sp³-hybridized carbons (Fsp3) is 0.231. The number of ether oxygens (including phenoxy) is 1. The third-order valence-electron chi connectivity index (χ3n) is 2.57. The number of hydrogen-bond donors (Lipinski definition) is 1. The molecule has 0 amide bonds. The van der Waals surface area contributed by atoms with Gasteiger partial charge in [0.05, 0.1) is 4.34 Å². The van der Waals surface area contributed by atoms with Gasteiger partial charge >= 0.3 is 0 Å². The summed E-state index contributed by atoms with van der Waals surface area (Å²) in [5.41, 5.74) is 5.86. The van der Waals surface area contributed by atoms with E-state index in [0.29, 0.717) is 8.81 Å². The lowest BCUT2D eigenvalue weighted by Crippen LogP contribution is -2.28. The first-order chi connectivity index (χ1) is 9.38. The predicted octanol–water partition coefficient (Wildman–Crippen LogP) is 4.91. The first-order valence-corrected chi connectivity index (χ1v) is 7.69. The molecule has 2 nitrogen and oxygen atoms in total. The molecule has 2 atom stereocenters. The molecule has 7 heteroatoms. The van der Waals surface area contributed by atoms with Gasteiger partial charge in [-0.3, -0.25) is 0 Å². The van der Waals surface area contributed by atoms with Gasteiger partial charge in [-0.15, -0.1) is 11.3 Å². The topological polar surface area (TPSA) is 35.2 Å². The van der Waals surface area contributed by atoms with E-state index in [2.05, 4.69) is 15.9 Å². The second-order valence-electron chi connectivity index (χ2n) is 4.24. The van der Waals surface area contributed by atoms with Gasteiger partial charge in [-0.05, 0) is 31.2 Å². The Kier molecular flexibility index (Phi) is 5.01. The van der Waals surface area contributed by atoms with Crippen molar-refractivity contribution in [1.82, 2.24) is 0 Å². The molecule has 0 aliphatic carbocycles. The molecule has 0 spiro atoms. The largest absolute Gasteiger partial charge is 0.480 e. The molecule has 2 unspecified atom stereocenters. The summed E-state index contributed by atoms with van der Waals surface area (Å²) in [6.45, 7) is 1.73. The van der Waals surface area contributed by atoms with E-state index in [0.717, 1.165) is 10.9 Å². The van der Waals surface area contributed by atoms with Crippen LogP contribution >= 0.6 is 38.9 Å². The van der Waals surface area contributed by atoms with E-state index in [1.54, 1.807) is 19.1 Å². The number of rotatable bonds is 4. The van der Waals surface area contributed by atoms with Crippen molar-refractivity contribution in [2.45, 2.75) is 19.1 Å². The van der Waals surface area contributed by atoms with Crippen molar-refractivity contribution in [2.24, 2.45) is 5.73 Å². The normalized spacial score (nSPS) is 14.1. The van der Waals surface area contributed by atoms with Crippen LogP contribution < -0.4 is 10.5 Å². The Labute approximate surface area is 132 Å². The van der Waals surface area contributed by atoms with Gasteiger partial charge in [0.1, 0.15) is 6.10 Å². The van der Waals surface area contributed by atoms with Crippen LogP contribution in [0.1, 0.15) is 17.9 Å². The molecule has 20 heavy (non-hydrogen) atoms. The van der Waals surface area contributed by atoms with E-state index in [1.165, 1.54) is 17.4 Å². The molecule has 0 aliphatic rings. The Morgan fingerprint density at radius 3 is 2.60 bits per heavy atom. The quantitative estimate of drug-likeness (QED) is 0.763. The molecule has 1 heterocycles. The van der Waals surface area contributed by atoms with Crippen LogP contribution in [0, 0.1) is 11.6 Å². The smallest absolute Gasteiger partial charge is 0.200 e. The molecule has 1 aromatic heterocycles. The van der Waals surface area contributed by atoms with Crippen molar-refractivity contribution in [3.05, 3.63) is 49.6 Å². The van der Waals surface area contributed by atoms with Crippen LogP contribution in [0.4, 0.5) is 8.78 Å². The van der Waals surface area contributed by atoms with Gasteiger partial charge in [-0.1, -0.05) is 27.5 Å². The molecule has 0 bridgehead atoms. The fourth-order valence-electron chi connectivity index (χ4n) is 1.66. The standard InChI is InChI=1S/C13H11BrClF2NOS/c1-6(18)13(10-2-3-11(15)20-10)19-9-5-7(14)4-8(16)12(9)17/h2-6,13H,18H2,1H3. The zero-order valence-electron chi connectivity index (χ0n) is 10.4. The molecular weight excluding hydrogens is 372 g/mol. The molecule has 0 radical (unpaired) electrons. The predicted molar refractivity (Wildman–Crippen MR) is 80.4 cm³/mol. The van der Waals surface area contributed by atoms with E-state index < -0.39 is 23.8 Å². The maximum absolute atomic E-state index is 13.7. The molecular formula is C13H11BrClF2NOS. The minimum Gasteiger partial charge on any atom is -0.480 e. The zero-order valence-corrected chi connectivity index (χ0v) is 13.5. The Hall–Kier alpha value is -0.690. The highest BCUT2D eigenvalue weighted by Crippen LogP contribution is 2.34. The maximum atomic E-state index is 13.7. The highest BCUT2D eigenvalue weighted by Gasteiger charge is 2.23. The van der Waals surface area contributed by atoms with Gasteiger partial charge in [0, 0.05) is 15.4 Å². The van der Waals surface area contributed by atoms with E-state index in [4.69, 9.17) is 22.1 Å². The summed E-state index contributed by atoms with van der Waals surface area (Å²) < 4.78 is 33.6.